The maximum Gasteiger partial charge on any atom is 0.357 e. The Kier molecular flexibility index (Phi) is 4.63. The SMILES string of the molecule is COCCNc1nc(C(=O)O)c(Cl)nc1C#N. The Balaban J connectivity index is 3.05. The highest BCUT2D eigenvalue weighted by atomic mass is 35.5. The molecule has 0 atom stereocenters. The Morgan fingerprint density at radius 3 is 2.88 bits per heavy atom. The van der Waals surface area contributed by atoms with E-state index in [0.717, 1.165) is 0 Å². The molecule has 2 N–H and O–H groups in total. The predicted molar refractivity (Wildman–Crippen MR) is 59.1 cm³/mol. The molecule has 0 radical (unpaired) electrons. The summed E-state index contributed by atoms with van der Waals surface area (Å²) in [6.45, 7) is 0.762. The summed E-state index contributed by atoms with van der Waals surface area (Å²) >= 11 is 5.58. The van der Waals surface area contributed by atoms with Crippen molar-refractivity contribution in [1.82, 2.24) is 9.97 Å². The number of nitriles is 1. The Hall–Kier alpha value is -1.91. The number of ether oxygens (including phenoxy) is 1. The average molecular weight is 257 g/mol. The minimum Gasteiger partial charge on any atom is -0.476 e. The van der Waals surface area contributed by atoms with Gasteiger partial charge in [-0.2, -0.15) is 5.26 Å². The van der Waals surface area contributed by atoms with Gasteiger partial charge in [-0.25, -0.2) is 14.8 Å². The maximum atomic E-state index is 10.8. The standard InChI is InChI=1S/C9H9ClN4O3/c1-17-3-2-12-8-5(4-11)13-7(10)6(14-8)9(15)16/h2-3H2,1H3,(H,12,14)(H,15,16). The van der Waals surface area contributed by atoms with Crippen LogP contribution in [0, 0.1) is 11.3 Å². The monoisotopic (exact) mass is 256 g/mol. The van der Waals surface area contributed by atoms with E-state index in [4.69, 9.17) is 26.7 Å². The molecule has 1 aromatic rings. The fourth-order valence-electron chi connectivity index (χ4n) is 1.02. The molecule has 90 valence electrons. The number of hydrogen-bond acceptors (Lipinski definition) is 6. The lowest BCUT2D eigenvalue weighted by atomic mass is 10.4. The number of aromatic nitrogens is 2. The number of anilines is 1. The van der Waals surface area contributed by atoms with Crippen LogP contribution in [0.4, 0.5) is 5.82 Å². The van der Waals surface area contributed by atoms with Crippen LogP contribution in [0.15, 0.2) is 0 Å². The third-order valence-electron chi connectivity index (χ3n) is 1.76. The maximum absolute atomic E-state index is 10.8. The van der Waals surface area contributed by atoms with Crippen molar-refractivity contribution >= 4 is 23.4 Å². The number of hydrogen-bond donors (Lipinski definition) is 2. The second kappa shape index (κ2) is 5.98. The molecule has 8 heteroatoms. The van der Waals surface area contributed by atoms with Crippen molar-refractivity contribution in [2.45, 2.75) is 0 Å². The molecule has 0 spiro atoms. The Bertz CT molecular complexity index is 472. The third-order valence-corrected chi connectivity index (χ3v) is 2.02. The first kappa shape index (κ1) is 13.2. The van der Waals surface area contributed by atoms with E-state index in [-0.39, 0.29) is 16.7 Å². The van der Waals surface area contributed by atoms with Crippen molar-refractivity contribution in [3.05, 3.63) is 16.5 Å². The molecule has 0 unspecified atom stereocenters. The van der Waals surface area contributed by atoms with Gasteiger partial charge >= 0.3 is 5.97 Å². The van der Waals surface area contributed by atoms with Crippen LogP contribution >= 0.6 is 11.6 Å². The van der Waals surface area contributed by atoms with Crippen LogP contribution in [-0.2, 0) is 4.74 Å². The van der Waals surface area contributed by atoms with Crippen LogP contribution in [0.25, 0.3) is 0 Å². The highest BCUT2D eigenvalue weighted by molar-refractivity contribution is 6.32. The van der Waals surface area contributed by atoms with Gasteiger partial charge < -0.3 is 15.2 Å². The van der Waals surface area contributed by atoms with Crippen LogP contribution in [-0.4, -0.2) is 41.3 Å². The number of aromatic carboxylic acids is 1. The van der Waals surface area contributed by atoms with E-state index in [1.54, 1.807) is 6.07 Å². The molecule has 1 rings (SSSR count). The van der Waals surface area contributed by atoms with Gasteiger partial charge in [0.05, 0.1) is 6.61 Å². The quantitative estimate of drug-likeness (QED) is 0.749. The fourth-order valence-corrected chi connectivity index (χ4v) is 1.23. The van der Waals surface area contributed by atoms with Gasteiger partial charge in [0.25, 0.3) is 0 Å². The summed E-state index contributed by atoms with van der Waals surface area (Å²) in [6.07, 6.45) is 0. The molecule has 1 aromatic heterocycles. The van der Waals surface area contributed by atoms with Gasteiger partial charge in [0.1, 0.15) is 6.07 Å². The van der Waals surface area contributed by atoms with E-state index in [2.05, 4.69) is 15.3 Å². The third kappa shape index (κ3) is 3.27. The normalized spacial score (nSPS) is 9.71. The highest BCUT2D eigenvalue weighted by Gasteiger charge is 2.17. The lowest BCUT2D eigenvalue weighted by Crippen LogP contribution is -2.14. The van der Waals surface area contributed by atoms with E-state index in [1.165, 1.54) is 7.11 Å². The molecular weight excluding hydrogens is 248 g/mol. The summed E-state index contributed by atoms with van der Waals surface area (Å²) in [5.74, 6) is -1.23. The minimum absolute atomic E-state index is 0.0592. The van der Waals surface area contributed by atoms with Crippen LogP contribution in [0.3, 0.4) is 0 Å². The van der Waals surface area contributed by atoms with Crippen molar-refractivity contribution in [2.24, 2.45) is 0 Å². The molecule has 0 aliphatic carbocycles. The Labute approximate surface area is 102 Å². The number of halogens is 1. The fraction of sp³-hybridized carbons (Fsp3) is 0.333. The molecule has 0 aliphatic heterocycles. The average Bonchev–Trinajstić information content (AvgIpc) is 2.30. The summed E-state index contributed by atoms with van der Waals surface area (Å²) in [7, 11) is 1.52. The van der Waals surface area contributed by atoms with Crippen molar-refractivity contribution in [1.29, 1.82) is 5.26 Å². The number of carbonyl (C=O) groups is 1. The lowest BCUT2D eigenvalue weighted by molar-refractivity contribution is 0.0690. The molecular formula is C9H9ClN4O3. The zero-order valence-corrected chi connectivity index (χ0v) is 9.65. The number of carboxylic acid groups (broad SMARTS) is 1. The molecule has 1 heterocycles. The van der Waals surface area contributed by atoms with E-state index >= 15 is 0 Å². The van der Waals surface area contributed by atoms with Crippen molar-refractivity contribution < 1.29 is 14.6 Å². The Morgan fingerprint density at radius 1 is 1.65 bits per heavy atom. The van der Waals surface area contributed by atoms with Crippen LogP contribution in [0.5, 0.6) is 0 Å². The van der Waals surface area contributed by atoms with Crippen molar-refractivity contribution in [2.75, 3.05) is 25.6 Å². The van der Waals surface area contributed by atoms with Gasteiger partial charge in [0, 0.05) is 13.7 Å². The van der Waals surface area contributed by atoms with Gasteiger partial charge in [-0.15, -0.1) is 0 Å². The molecule has 0 fully saturated rings. The summed E-state index contributed by atoms with van der Waals surface area (Å²) < 4.78 is 4.80. The summed E-state index contributed by atoms with van der Waals surface area (Å²) in [6, 6.07) is 1.78. The molecule has 0 saturated carbocycles. The van der Waals surface area contributed by atoms with Gasteiger partial charge in [-0.3, -0.25) is 0 Å². The smallest absolute Gasteiger partial charge is 0.357 e. The topological polar surface area (TPSA) is 108 Å². The predicted octanol–water partition coefficient (Wildman–Crippen LogP) is 0.758. The van der Waals surface area contributed by atoms with Crippen LogP contribution in [0.1, 0.15) is 16.2 Å². The first-order chi connectivity index (χ1) is 8.10. The van der Waals surface area contributed by atoms with E-state index in [9.17, 15) is 4.79 Å². The number of carboxylic acids is 1. The van der Waals surface area contributed by atoms with Crippen molar-refractivity contribution in [3.8, 4) is 6.07 Å². The molecule has 17 heavy (non-hydrogen) atoms. The zero-order chi connectivity index (χ0) is 12.8. The van der Waals surface area contributed by atoms with E-state index in [1.807, 2.05) is 0 Å². The second-order valence-electron chi connectivity index (χ2n) is 2.90. The first-order valence-electron chi connectivity index (χ1n) is 4.54. The number of nitrogens with one attached hydrogen (secondary N) is 1. The van der Waals surface area contributed by atoms with Gasteiger partial charge in [0.15, 0.2) is 22.4 Å². The van der Waals surface area contributed by atoms with E-state index in [0.29, 0.717) is 13.2 Å². The highest BCUT2D eigenvalue weighted by Crippen LogP contribution is 2.17. The van der Waals surface area contributed by atoms with Gasteiger partial charge in [-0.1, -0.05) is 11.6 Å². The van der Waals surface area contributed by atoms with Crippen LogP contribution < -0.4 is 5.32 Å². The summed E-state index contributed by atoms with van der Waals surface area (Å²) in [5.41, 5.74) is -0.457. The molecule has 0 amide bonds. The molecule has 0 aliphatic rings. The molecule has 0 saturated heterocycles. The summed E-state index contributed by atoms with van der Waals surface area (Å²) in [5, 5.41) is 20.0. The lowest BCUT2D eigenvalue weighted by Gasteiger charge is -2.07. The van der Waals surface area contributed by atoms with Gasteiger partial charge in [-0.05, 0) is 0 Å². The number of methoxy groups -OCH3 is 1. The summed E-state index contributed by atoms with van der Waals surface area (Å²) in [4.78, 5) is 18.2. The van der Waals surface area contributed by atoms with Crippen molar-refractivity contribution in [3.63, 3.8) is 0 Å². The number of rotatable bonds is 5. The number of nitrogens with zero attached hydrogens (tertiary/aromatic N) is 3. The zero-order valence-electron chi connectivity index (χ0n) is 8.90. The largest absolute Gasteiger partial charge is 0.476 e. The molecule has 7 nitrogen and oxygen atoms in total. The molecule has 0 aromatic carbocycles. The second-order valence-corrected chi connectivity index (χ2v) is 3.25. The van der Waals surface area contributed by atoms with E-state index < -0.39 is 11.7 Å². The first-order valence-corrected chi connectivity index (χ1v) is 4.91. The van der Waals surface area contributed by atoms with Gasteiger partial charge in [0.2, 0.25) is 0 Å². The Morgan fingerprint density at radius 2 is 2.35 bits per heavy atom. The molecule has 0 bridgehead atoms. The van der Waals surface area contributed by atoms with Crippen LogP contribution in [0.2, 0.25) is 5.15 Å². The minimum atomic E-state index is -1.30.